The Morgan fingerprint density at radius 2 is 1.84 bits per heavy atom. The van der Waals surface area contributed by atoms with E-state index in [-0.39, 0.29) is 6.79 Å². The second kappa shape index (κ2) is 9.30. The Balaban J connectivity index is 2.23. The number of rotatable bonds is 6. The zero-order chi connectivity index (χ0) is 18.1. The average Bonchev–Trinajstić information content (AvgIpc) is 2.65. The lowest BCUT2D eigenvalue weighted by atomic mass is 10.1. The predicted molar refractivity (Wildman–Crippen MR) is 91.7 cm³/mol. The van der Waals surface area contributed by atoms with Crippen LogP contribution in [-0.2, 0) is 9.47 Å². The molecule has 0 aliphatic rings. The van der Waals surface area contributed by atoms with Crippen LogP contribution in [0.15, 0.2) is 36.5 Å². The van der Waals surface area contributed by atoms with Gasteiger partial charge in [0.05, 0.1) is 13.7 Å². The van der Waals surface area contributed by atoms with Gasteiger partial charge in [-0.15, -0.1) is 0 Å². The molecular weight excluding hydrogens is 322 g/mol. The fourth-order valence-electron chi connectivity index (χ4n) is 1.95. The highest BCUT2D eigenvalue weighted by atomic mass is 16.7. The molecule has 0 N–H and O–H groups in total. The number of methoxy groups -OCH3 is 2. The number of aromatic nitrogens is 1. The first-order chi connectivity index (χ1) is 12.2. The summed E-state index contributed by atoms with van der Waals surface area (Å²) in [5, 5.41) is 0. The van der Waals surface area contributed by atoms with Crippen molar-refractivity contribution < 1.29 is 23.7 Å². The summed E-state index contributed by atoms with van der Waals surface area (Å²) in [7, 11) is 2.81. The van der Waals surface area contributed by atoms with E-state index in [2.05, 4.69) is 16.8 Å². The second-order valence-corrected chi connectivity index (χ2v) is 4.82. The molecule has 0 spiro atoms. The number of nitrogens with zero attached hydrogens (tertiary/aromatic N) is 1. The van der Waals surface area contributed by atoms with Gasteiger partial charge in [-0.05, 0) is 31.2 Å². The molecular formula is C19H19NO5. The van der Waals surface area contributed by atoms with E-state index in [0.29, 0.717) is 29.4 Å². The van der Waals surface area contributed by atoms with E-state index in [1.165, 1.54) is 14.2 Å². The highest BCUT2D eigenvalue weighted by Gasteiger charge is 2.13. The molecule has 0 saturated heterocycles. The van der Waals surface area contributed by atoms with Crippen LogP contribution in [0.4, 0.5) is 0 Å². The van der Waals surface area contributed by atoms with E-state index in [0.717, 1.165) is 5.56 Å². The summed E-state index contributed by atoms with van der Waals surface area (Å²) in [5.74, 6) is 6.44. The van der Waals surface area contributed by atoms with Crippen molar-refractivity contribution in [2.75, 3.05) is 27.6 Å². The van der Waals surface area contributed by atoms with Crippen LogP contribution in [0.3, 0.4) is 0 Å². The van der Waals surface area contributed by atoms with Gasteiger partial charge in [0.2, 0.25) is 5.88 Å². The minimum Gasteiger partial charge on any atom is -0.478 e. The van der Waals surface area contributed by atoms with Gasteiger partial charge in [0.15, 0.2) is 6.79 Å². The lowest BCUT2D eigenvalue weighted by Crippen LogP contribution is -2.07. The van der Waals surface area contributed by atoms with Crippen molar-refractivity contribution in [3.8, 4) is 23.5 Å². The Labute approximate surface area is 146 Å². The van der Waals surface area contributed by atoms with Gasteiger partial charge in [0.1, 0.15) is 11.3 Å². The maximum absolute atomic E-state index is 11.8. The van der Waals surface area contributed by atoms with Crippen molar-refractivity contribution in [1.29, 1.82) is 0 Å². The van der Waals surface area contributed by atoms with Crippen molar-refractivity contribution >= 4 is 5.97 Å². The Hall–Kier alpha value is -3.04. The van der Waals surface area contributed by atoms with Gasteiger partial charge < -0.3 is 18.9 Å². The van der Waals surface area contributed by atoms with Gasteiger partial charge in [-0.3, -0.25) is 0 Å². The van der Waals surface area contributed by atoms with E-state index >= 15 is 0 Å². The third-order valence-corrected chi connectivity index (χ3v) is 3.10. The molecule has 0 unspecified atom stereocenters. The summed E-state index contributed by atoms with van der Waals surface area (Å²) < 4.78 is 20.3. The molecule has 1 aromatic heterocycles. The fourth-order valence-corrected chi connectivity index (χ4v) is 1.95. The summed E-state index contributed by atoms with van der Waals surface area (Å²) in [6.45, 7) is 2.48. The van der Waals surface area contributed by atoms with E-state index in [9.17, 15) is 4.79 Å². The minimum atomic E-state index is -0.485. The number of hydrogen-bond acceptors (Lipinski definition) is 6. The summed E-state index contributed by atoms with van der Waals surface area (Å²) in [6, 6.07) is 8.59. The molecule has 0 bridgehead atoms. The largest absolute Gasteiger partial charge is 0.478 e. The van der Waals surface area contributed by atoms with Crippen LogP contribution in [0.25, 0.3) is 0 Å². The SMILES string of the molecule is CCOc1ccc(C#Cc2ccc(C(=O)OC)c(OCOC)c2)cn1. The van der Waals surface area contributed by atoms with E-state index < -0.39 is 5.97 Å². The van der Waals surface area contributed by atoms with Crippen LogP contribution < -0.4 is 9.47 Å². The van der Waals surface area contributed by atoms with Gasteiger partial charge in [-0.2, -0.15) is 0 Å². The third kappa shape index (κ3) is 5.23. The topological polar surface area (TPSA) is 66.9 Å². The van der Waals surface area contributed by atoms with Crippen LogP contribution in [0.2, 0.25) is 0 Å². The van der Waals surface area contributed by atoms with Gasteiger partial charge in [-0.25, -0.2) is 9.78 Å². The van der Waals surface area contributed by atoms with Gasteiger partial charge in [0, 0.05) is 30.5 Å². The molecule has 0 aliphatic carbocycles. The molecule has 0 aliphatic heterocycles. The molecule has 6 heteroatoms. The number of esters is 1. The molecule has 2 rings (SSSR count). The standard InChI is InChI=1S/C19H19NO5/c1-4-24-18-10-8-15(12-20-18)6-5-14-7-9-16(19(21)23-3)17(11-14)25-13-22-2/h7-12H,4,13H2,1-3H3. The van der Waals surface area contributed by atoms with Crippen molar-refractivity contribution in [2.45, 2.75) is 6.92 Å². The molecule has 130 valence electrons. The lowest BCUT2D eigenvalue weighted by molar-refractivity contribution is 0.0465. The molecule has 0 saturated carbocycles. The van der Waals surface area contributed by atoms with Crippen molar-refractivity contribution in [3.63, 3.8) is 0 Å². The first-order valence-corrected chi connectivity index (χ1v) is 7.63. The fraction of sp³-hybridized carbons (Fsp3) is 0.263. The summed E-state index contributed by atoms with van der Waals surface area (Å²) in [5.41, 5.74) is 1.75. The Morgan fingerprint density at radius 1 is 1.08 bits per heavy atom. The van der Waals surface area contributed by atoms with Crippen molar-refractivity contribution in [3.05, 3.63) is 53.2 Å². The molecule has 25 heavy (non-hydrogen) atoms. The molecule has 1 aromatic carbocycles. The van der Waals surface area contributed by atoms with E-state index in [1.54, 1.807) is 30.5 Å². The molecule has 1 heterocycles. The third-order valence-electron chi connectivity index (χ3n) is 3.10. The quantitative estimate of drug-likeness (QED) is 0.457. The van der Waals surface area contributed by atoms with Crippen LogP contribution >= 0.6 is 0 Å². The van der Waals surface area contributed by atoms with Gasteiger partial charge in [0.25, 0.3) is 0 Å². The molecule has 2 aromatic rings. The zero-order valence-electron chi connectivity index (χ0n) is 14.4. The Morgan fingerprint density at radius 3 is 2.48 bits per heavy atom. The van der Waals surface area contributed by atoms with Crippen LogP contribution in [-0.4, -0.2) is 38.6 Å². The zero-order valence-corrected chi connectivity index (χ0v) is 14.4. The van der Waals surface area contributed by atoms with Crippen molar-refractivity contribution in [1.82, 2.24) is 4.98 Å². The Bertz CT molecular complexity index is 775. The maximum Gasteiger partial charge on any atom is 0.341 e. The van der Waals surface area contributed by atoms with Crippen LogP contribution in [0.1, 0.15) is 28.4 Å². The smallest absolute Gasteiger partial charge is 0.341 e. The van der Waals surface area contributed by atoms with E-state index in [4.69, 9.17) is 18.9 Å². The predicted octanol–water partition coefficient (Wildman–Crippen LogP) is 2.65. The monoisotopic (exact) mass is 341 g/mol. The molecule has 0 atom stereocenters. The number of pyridine rings is 1. The first kappa shape index (κ1) is 18.3. The molecule has 0 radical (unpaired) electrons. The van der Waals surface area contributed by atoms with Crippen LogP contribution in [0, 0.1) is 11.8 Å². The molecule has 0 fully saturated rings. The number of benzene rings is 1. The summed E-state index contributed by atoms with van der Waals surface area (Å²) in [4.78, 5) is 15.9. The number of hydrogen-bond donors (Lipinski definition) is 0. The number of carbonyl (C=O) groups is 1. The molecule has 0 amide bonds. The van der Waals surface area contributed by atoms with Gasteiger partial charge in [-0.1, -0.05) is 11.8 Å². The van der Waals surface area contributed by atoms with Gasteiger partial charge >= 0.3 is 5.97 Å². The average molecular weight is 341 g/mol. The number of ether oxygens (including phenoxy) is 4. The second-order valence-electron chi connectivity index (χ2n) is 4.82. The normalized spacial score (nSPS) is 9.72. The number of carbonyl (C=O) groups excluding carboxylic acids is 1. The highest BCUT2D eigenvalue weighted by molar-refractivity contribution is 5.92. The van der Waals surface area contributed by atoms with Crippen LogP contribution in [0.5, 0.6) is 11.6 Å². The Kier molecular flexibility index (Phi) is 6.81. The lowest BCUT2D eigenvalue weighted by Gasteiger charge is -2.09. The minimum absolute atomic E-state index is 0.0175. The van der Waals surface area contributed by atoms with Crippen molar-refractivity contribution in [2.24, 2.45) is 0 Å². The van der Waals surface area contributed by atoms with E-state index in [1.807, 2.05) is 13.0 Å². The first-order valence-electron chi connectivity index (χ1n) is 7.63. The summed E-state index contributed by atoms with van der Waals surface area (Å²) in [6.07, 6.45) is 1.64. The molecule has 6 nitrogen and oxygen atoms in total. The highest BCUT2D eigenvalue weighted by Crippen LogP contribution is 2.21. The summed E-state index contributed by atoms with van der Waals surface area (Å²) >= 11 is 0. The maximum atomic E-state index is 11.8.